The molecule has 0 atom stereocenters. The summed E-state index contributed by atoms with van der Waals surface area (Å²) in [6.45, 7) is 0. The quantitative estimate of drug-likeness (QED) is 0.433. The molecular weight excluding hydrogens is 336 g/mol. The molecule has 0 saturated heterocycles. The van der Waals surface area contributed by atoms with Gasteiger partial charge in [-0.25, -0.2) is 0 Å². The number of hydrogen-bond acceptors (Lipinski definition) is 2. The van der Waals surface area contributed by atoms with Gasteiger partial charge in [0, 0.05) is 6.42 Å². The summed E-state index contributed by atoms with van der Waals surface area (Å²) >= 11 is 6.66. The summed E-state index contributed by atoms with van der Waals surface area (Å²) < 4.78 is 5.62. The molecule has 0 bridgehead atoms. The van der Waals surface area contributed by atoms with Gasteiger partial charge >= 0.3 is 5.97 Å². The van der Waals surface area contributed by atoms with E-state index in [2.05, 4.69) is 42.7 Å². The van der Waals surface area contributed by atoms with Crippen LogP contribution in [-0.2, 0) is 9.53 Å². The van der Waals surface area contributed by atoms with Gasteiger partial charge in [-0.2, -0.15) is 0 Å². The number of hydrogen-bond donors (Lipinski definition) is 0. The second-order valence-corrected chi connectivity index (χ2v) is 6.50. The van der Waals surface area contributed by atoms with E-state index in [0.29, 0.717) is 6.42 Å². The molecule has 16 heavy (non-hydrogen) atoms. The van der Waals surface area contributed by atoms with Gasteiger partial charge in [0.05, 0.1) is 10.5 Å². The molecule has 4 heteroatoms. The monoisotopic (exact) mass is 354 g/mol. The van der Waals surface area contributed by atoms with Gasteiger partial charge in [-0.1, -0.05) is 31.8 Å². The maximum absolute atomic E-state index is 10.8. The minimum atomic E-state index is -0.0905. The van der Waals surface area contributed by atoms with Crippen molar-refractivity contribution in [3.8, 4) is 0 Å². The highest BCUT2D eigenvalue weighted by Crippen LogP contribution is 2.16. The molecule has 0 saturated carbocycles. The third-order valence-corrected chi connectivity index (χ3v) is 3.01. The number of allylic oxidation sites excluding steroid dienone is 1. The second kappa shape index (κ2) is 11.6. The largest absolute Gasteiger partial charge is 0.469 e. The minimum absolute atomic E-state index is 0.0905. The normalized spacial score (nSPS) is 9.94. The number of halogens is 2. The van der Waals surface area contributed by atoms with E-state index >= 15 is 0 Å². The van der Waals surface area contributed by atoms with Gasteiger partial charge in [-0.05, 0) is 51.1 Å². The number of rotatable bonds is 9. The Kier molecular flexibility index (Phi) is 11.8. The number of carbonyl (C=O) groups is 1. The highest BCUT2D eigenvalue weighted by atomic mass is 79.9. The van der Waals surface area contributed by atoms with Crippen molar-refractivity contribution in [2.24, 2.45) is 0 Å². The van der Waals surface area contributed by atoms with Crippen molar-refractivity contribution in [1.82, 2.24) is 0 Å². The summed E-state index contributed by atoms with van der Waals surface area (Å²) in [5.41, 5.74) is 0. The van der Waals surface area contributed by atoms with Crippen molar-refractivity contribution in [1.29, 1.82) is 0 Å². The molecule has 0 aliphatic rings. The first-order valence-corrected chi connectivity index (χ1v) is 7.33. The number of ether oxygens (including phenoxy) is 1. The summed E-state index contributed by atoms with van der Waals surface area (Å²) in [5, 5.41) is 0. The standard InChI is InChI=1S/C12H20Br2O2/c1-16-12(15)10-8-6-4-2-3-5-7-9-11(13)14/h9H,2-8,10H2,1H3. The molecule has 0 aromatic heterocycles. The molecule has 0 spiro atoms. The summed E-state index contributed by atoms with van der Waals surface area (Å²) in [5.74, 6) is -0.0905. The highest BCUT2D eigenvalue weighted by Gasteiger charge is 1.98. The molecule has 0 aromatic rings. The molecule has 0 unspecified atom stereocenters. The van der Waals surface area contributed by atoms with E-state index in [1.165, 1.54) is 32.8 Å². The molecule has 0 amide bonds. The predicted molar refractivity (Wildman–Crippen MR) is 74.9 cm³/mol. The fourth-order valence-electron chi connectivity index (χ4n) is 1.43. The first-order valence-electron chi connectivity index (χ1n) is 5.74. The Morgan fingerprint density at radius 3 is 2.19 bits per heavy atom. The van der Waals surface area contributed by atoms with Gasteiger partial charge in [0.25, 0.3) is 0 Å². The van der Waals surface area contributed by atoms with Crippen molar-refractivity contribution in [2.75, 3.05) is 7.11 Å². The Bertz CT molecular complexity index is 211. The maximum atomic E-state index is 10.8. The maximum Gasteiger partial charge on any atom is 0.305 e. The van der Waals surface area contributed by atoms with Gasteiger partial charge in [-0.3, -0.25) is 4.79 Å². The van der Waals surface area contributed by atoms with Crippen LogP contribution in [-0.4, -0.2) is 13.1 Å². The average Bonchev–Trinajstić information content (AvgIpc) is 2.26. The van der Waals surface area contributed by atoms with Crippen LogP contribution < -0.4 is 0 Å². The molecule has 0 heterocycles. The van der Waals surface area contributed by atoms with Crippen LogP contribution in [0.3, 0.4) is 0 Å². The summed E-state index contributed by atoms with van der Waals surface area (Å²) in [6, 6.07) is 0. The van der Waals surface area contributed by atoms with Crippen LogP contribution in [0.25, 0.3) is 0 Å². The van der Waals surface area contributed by atoms with Crippen molar-refractivity contribution in [2.45, 2.75) is 51.4 Å². The molecule has 2 nitrogen and oxygen atoms in total. The highest BCUT2D eigenvalue weighted by molar-refractivity contribution is 9.28. The molecule has 94 valence electrons. The number of carbonyl (C=O) groups excluding carboxylic acids is 1. The van der Waals surface area contributed by atoms with E-state index in [4.69, 9.17) is 0 Å². The van der Waals surface area contributed by atoms with Crippen LogP contribution in [0.15, 0.2) is 9.47 Å². The first-order chi connectivity index (χ1) is 7.66. The van der Waals surface area contributed by atoms with Crippen LogP contribution in [0.1, 0.15) is 51.4 Å². The third kappa shape index (κ3) is 12.2. The Morgan fingerprint density at radius 2 is 1.62 bits per heavy atom. The molecule has 0 rings (SSSR count). The third-order valence-electron chi connectivity index (χ3n) is 2.36. The number of methoxy groups -OCH3 is 1. The SMILES string of the molecule is COC(=O)CCCCCCCCC=C(Br)Br. The van der Waals surface area contributed by atoms with Crippen LogP contribution >= 0.6 is 31.9 Å². The Hall–Kier alpha value is 0.170. The van der Waals surface area contributed by atoms with E-state index in [-0.39, 0.29) is 5.97 Å². The van der Waals surface area contributed by atoms with E-state index in [9.17, 15) is 4.79 Å². The van der Waals surface area contributed by atoms with Crippen LogP contribution in [0.2, 0.25) is 0 Å². The van der Waals surface area contributed by atoms with Gasteiger partial charge < -0.3 is 4.74 Å². The topological polar surface area (TPSA) is 26.3 Å². The van der Waals surface area contributed by atoms with Gasteiger partial charge in [-0.15, -0.1) is 0 Å². The fourth-order valence-corrected chi connectivity index (χ4v) is 1.89. The van der Waals surface area contributed by atoms with Crippen LogP contribution in [0, 0.1) is 0 Å². The van der Waals surface area contributed by atoms with Gasteiger partial charge in [0.1, 0.15) is 0 Å². The minimum Gasteiger partial charge on any atom is -0.469 e. The molecule has 0 radical (unpaired) electrons. The zero-order valence-corrected chi connectivity index (χ0v) is 13.0. The van der Waals surface area contributed by atoms with Gasteiger partial charge in [0.15, 0.2) is 0 Å². The average molecular weight is 356 g/mol. The summed E-state index contributed by atoms with van der Waals surface area (Å²) in [7, 11) is 1.44. The lowest BCUT2D eigenvalue weighted by molar-refractivity contribution is -0.140. The zero-order chi connectivity index (χ0) is 12.2. The lowest BCUT2D eigenvalue weighted by Gasteiger charge is -2.00. The Morgan fingerprint density at radius 1 is 1.06 bits per heavy atom. The van der Waals surface area contributed by atoms with E-state index in [0.717, 1.165) is 22.7 Å². The molecule has 0 N–H and O–H groups in total. The van der Waals surface area contributed by atoms with E-state index in [1.54, 1.807) is 0 Å². The van der Waals surface area contributed by atoms with Crippen molar-refractivity contribution in [3.05, 3.63) is 9.47 Å². The smallest absolute Gasteiger partial charge is 0.305 e. The fraction of sp³-hybridized carbons (Fsp3) is 0.750. The summed E-state index contributed by atoms with van der Waals surface area (Å²) in [4.78, 5) is 10.8. The van der Waals surface area contributed by atoms with Crippen molar-refractivity contribution >= 4 is 37.8 Å². The summed E-state index contributed by atoms with van der Waals surface area (Å²) in [6.07, 6.45) is 10.9. The molecular formula is C12H20Br2O2. The predicted octanol–water partition coefficient (Wildman–Crippen LogP) is 4.91. The van der Waals surface area contributed by atoms with Gasteiger partial charge in [0.2, 0.25) is 0 Å². The first kappa shape index (κ1) is 16.2. The Labute approximate surface area is 115 Å². The zero-order valence-electron chi connectivity index (χ0n) is 9.81. The second-order valence-electron chi connectivity index (χ2n) is 3.73. The molecule has 0 aliphatic carbocycles. The number of esters is 1. The molecule has 0 aliphatic heterocycles. The number of unbranched alkanes of at least 4 members (excludes halogenated alkanes) is 6. The van der Waals surface area contributed by atoms with Crippen molar-refractivity contribution in [3.63, 3.8) is 0 Å². The van der Waals surface area contributed by atoms with Crippen molar-refractivity contribution < 1.29 is 9.53 Å². The van der Waals surface area contributed by atoms with Crippen LogP contribution in [0.5, 0.6) is 0 Å². The van der Waals surface area contributed by atoms with Crippen LogP contribution in [0.4, 0.5) is 0 Å². The molecule has 0 aromatic carbocycles. The molecule has 0 fully saturated rings. The van der Waals surface area contributed by atoms with E-state index in [1.807, 2.05) is 0 Å². The lowest BCUT2D eigenvalue weighted by atomic mass is 10.1. The Balaban J connectivity index is 3.10. The lowest BCUT2D eigenvalue weighted by Crippen LogP contribution is -1.99. The van der Waals surface area contributed by atoms with E-state index < -0.39 is 0 Å².